The molecule has 2 aliphatic heterocycles. The van der Waals surface area contributed by atoms with Crippen molar-refractivity contribution < 1.29 is 0 Å². The van der Waals surface area contributed by atoms with Gasteiger partial charge in [0, 0.05) is 38.8 Å². The second-order valence-corrected chi connectivity index (χ2v) is 7.12. The van der Waals surface area contributed by atoms with E-state index in [1.807, 2.05) is 0 Å². The lowest BCUT2D eigenvalue weighted by molar-refractivity contribution is 0.224. The van der Waals surface area contributed by atoms with Crippen molar-refractivity contribution >= 4 is 0 Å². The first-order valence-corrected chi connectivity index (χ1v) is 8.53. The summed E-state index contributed by atoms with van der Waals surface area (Å²) >= 11 is 0. The summed E-state index contributed by atoms with van der Waals surface area (Å²) in [6.45, 7) is 7.96. The van der Waals surface area contributed by atoms with E-state index in [-0.39, 0.29) is 0 Å². The predicted octanol–water partition coefficient (Wildman–Crippen LogP) is 1.82. The lowest BCUT2D eigenvalue weighted by Crippen LogP contribution is -2.31. The minimum absolute atomic E-state index is 0.570. The molecule has 0 saturated carbocycles. The molecule has 0 bridgehead atoms. The Hall–Kier alpha value is -1.72. The molecule has 122 valence electrons. The van der Waals surface area contributed by atoms with Crippen LogP contribution in [-0.2, 0) is 6.54 Å². The molecule has 3 heterocycles. The zero-order valence-corrected chi connectivity index (χ0v) is 14.0. The average Bonchev–Trinajstić information content (AvgIpc) is 3.22. The van der Waals surface area contributed by atoms with E-state index in [2.05, 4.69) is 62.8 Å². The highest BCUT2D eigenvalue weighted by Gasteiger charge is 2.46. The second-order valence-electron chi connectivity index (χ2n) is 7.12. The first kappa shape index (κ1) is 14.8. The van der Waals surface area contributed by atoms with Crippen LogP contribution in [0.5, 0.6) is 0 Å². The number of benzene rings is 1. The van der Waals surface area contributed by atoms with Crippen molar-refractivity contribution in [2.24, 2.45) is 11.8 Å². The van der Waals surface area contributed by atoms with Crippen LogP contribution in [0.15, 0.2) is 36.9 Å². The van der Waals surface area contributed by atoms with Crippen LogP contribution in [0.1, 0.15) is 17.2 Å². The summed E-state index contributed by atoms with van der Waals surface area (Å²) in [6, 6.07) is 9.46. The van der Waals surface area contributed by atoms with Crippen LogP contribution in [0.25, 0.3) is 0 Å². The number of likely N-dealkylation sites (tertiary alicyclic amines) is 2. The van der Waals surface area contributed by atoms with Gasteiger partial charge in [-0.15, -0.1) is 10.2 Å². The number of fused-ring (bicyclic) bond motifs is 1. The van der Waals surface area contributed by atoms with Crippen LogP contribution in [0.2, 0.25) is 0 Å². The zero-order chi connectivity index (χ0) is 15.8. The SMILES string of the molecule is Cc1ccccc1[C@@H]1[C@@H]2CN(CCn3cnnc3)C[C@@H]2CN1C. The van der Waals surface area contributed by atoms with E-state index in [1.165, 1.54) is 30.8 Å². The fourth-order valence-corrected chi connectivity index (χ4v) is 4.51. The van der Waals surface area contributed by atoms with Gasteiger partial charge < -0.3 is 9.47 Å². The molecule has 0 amide bonds. The predicted molar refractivity (Wildman–Crippen MR) is 90.0 cm³/mol. The maximum Gasteiger partial charge on any atom is 0.119 e. The molecule has 0 radical (unpaired) electrons. The van der Waals surface area contributed by atoms with Gasteiger partial charge in [0.05, 0.1) is 0 Å². The second kappa shape index (κ2) is 6.06. The fraction of sp³-hybridized carbons (Fsp3) is 0.556. The van der Waals surface area contributed by atoms with E-state index in [9.17, 15) is 0 Å². The van der Waals surface area contributed by atoms with Crippen LogP contribution in [0.4, 0.5) is 0 Å². The van der Waals surface area contributed by atoms with Gasteiger partial charge >= 0.3 is 0 Å². The van der Waals surface area contributed by atoms with Crippen molar-refractivity contribution in [3.63, 3.8) is 0 Å². The number of rotatable bonds is 4. The van der Waals surface area contributed by atoms with E-state index in [4.69, 9.17) is 0 Å². The van der Waals surface area contributed by atoms with Crippen LogP contribution in [0.3, 0.4) is 0 Å². The largest absolute Gasteiger partial charge is 0.319 e. The van der Waals surface area contributed by atoms with Crippen LogP contribution >= 0.6 is 0 Å². The Kier molecular flexibility index (Phi) is 3.91. The summed E-state index contributed by atoms with van der Waals surface area (Å²) < 4.78 is 2.07. The van der Waals surface area contributed by atoms with Gasteiger partial charge in [-0.2, -0.15) is 0 Å². The molecule has 2 fully saturated rings. The maximum atomic E-state index is 3.88. The third-order valence-corrected chi connectivity index (χ3v) is 5.62. The Morgan fingerprint density at radius 2 is 1.83 bits per heavy atom. The molecule has 3 atom stereocenters. The zero-order valence-electron chi connectivity index (χ0n) is 14.0. The van der Waals surface area contributed by atoms with E-state index < -0.39 is 0 Å². The summed E-state index contributed by atoms with van der Waals surface area (Å²) in [6.07, 6.45) is 3.61. The highest BCUT2D eigenvalue weighted by Crippen LogP contribution is 2.44. The molecule has 0 spiro atoms. The van der Waals surface area contributed by atoms with Crippen molar-refractivity contribution in [2.45, 2.75) is 19.5 Å². The van der Waals surface area contributed by atoms with E-state index in [0.29, 0.717) is 6.04 Å². The molecule has 0 N–H and O–H groups in total. The molecular formula is C18H25N5. The lowest BCUT2D eigenvalue weighted by atomic mass is 9.88. The normalized spacial score (nSPS) is 28.3. The molecule has 2 aliphatic rings. The average molecular weight is 311 g/mol. The van der Waals surface area contributed by atoms with Gasteiger partial charge in [-0.1, -0.05) is 24.3 Å². The molecule has 5 heteroatoms. The minimum atomic E-state index is 0.570. The van der Waals surface area contributed by atoms with Crippen LogP contribution < -0.4 is 0 Å². The Morgan fingerprint density at radius 3 is 2.61 bits per heavy atom. The van der Waals surface area contributed by atoms with Crippen molar-refractivity contribution in [1.82, 2.24) is 24.6 Å². The fourth-order valence-electron chi connectivity index (χ4n) is 4.51. The molecule has 1 aromatic carbocycles. The quantitative estimate of drug-likeness (QED) is 0.863. The molecule has 1 aromatic heterocycles. The molecule has 23 heavy (non-hydrogen) atoms. The van der Waals surface area contributed by atoms with Crippen molar-refractivity contribution in [1.29, 1.82) is 0 Å². The Balaban J connectivity index is 1.46. The summed E-state index contributed by atoms with van der Waals surface area (Å²) in [7, 11) is 2.29. The van der Waals surface area contributed by atoms with Crippen LogP contribution in [0, 0.1) is 18.8 Å². The Morgan fingerprint density at radius 1 is 1.04 bits per heavy atom. The molecule has 0 unspecified atom stereocenters. The first-order chi connectivity index (χ1) is 11.2. The van der Waals surface area contributed by atoms with Crippen LogP contribution in [-0.4, -0.2) is 57.8 Å². The highest BCUT2D eigenvalue weighted by molar-refractivity contribution is 5.31. The number of hydrogen-bond acceptors (Lipinski definition) is 4. The number of aryl methyl sites for hydroxylation is 1. The number of nitrogens with zero attached hydrogens (tertiary/aromatic N) is 5. The number of aromatic nitrogens is 3. The first-order valence-electron chi connectivity index (χ1n) is 8.53. The molecule has 5 nitrogen and oxygen atoms in total. The molecule has 4 rings (SSSR count). The van der Waals surface area contributed by atoms with Gasteiger partial charge in [-0.25, -0.2) is 0 Å². The van der Waals surface area contributed by atoms with Crippen molar-refractivity contribution in [3.05, 3.63) is 48.0 Å². The molecule has 2 aromatic rings. The van der Waals surface area contributed by atoms with Gasteiger partial charge in [0.15, 0.2) is 0 Å². The van der Waals surface area contributed by atoms with E-state index >= 15 is 0 Å². The number of hydrogen-bond donors (Lipinski definition) is 0. The topological polar surface area (TPSA) is 37.2 Å². The van der Waals surface area contributed by atoms with E-state index in [1.54, 1.807) is 12.7 Å². The van der Waals surface area contributed by atoms with Gasteiger partial charge in [0.1, 0.15) is 12.7 Å². The third-order valence-electron chi connectivity index (χ3n) is 5.62. The minimum Gasteiger partial charge on any atom is -0.319 e. The maximum absolute atomic E-state index is 3.88. The van der Waals surface area contributed by atoms with Crippen molar-refractivity contribution in [3.8, 4) is 0 Å². The molecular weight excluding hydrogens is 286 g/mol. The monoisotopic (exact) mass is 311 g/mol. The summed E-state index contributed by atoms with van der Waals surface area (Å²) in [5, 5.41) is 7.77. The Labute approximate surface area is 137 Å². The summed E-state index contributed by atoms with van der Waals surface area (Å²) in [4.78, 5) is 5.18. The third kappa shape index (κ3) is 2.79. The summed E-state index contributed by atoms with van der Waals surface area (Å²) in [5.41, 5.74) is 2.94. The van der Waals surface area contributed by atoms with Crippen molar-refractivity contribution in [2.75, 3.05) is 33.2 Å². The smallest absolute Gasteiger partial charge is 0.119 e. The molecule has 0 aliphatic carbocycles. The highest BCUT2D eigenvalue weighted by atomic mass is 15.3. The van der Waals surface area contributed by atoms with Gasteiger partial charge in [-0.3, -0.25) is 4.90 Å². The summed E-state index contributed by atoms with van der Waals surface area (Å²) in [5.74, 6) is 1.55. The van der Waals surface area contributed by atoms with E-state index in [0.717, 1.165) is 24.9 Å². The van der Waals surface area contributed by atoms with Gasteiger partial charge in [0.25, 0.3) is 0 Å². The lowest BCUT2D eigenvalue weighted by Gasteiger charge is -2.28. The Bertz CT molecular complexity index is 653. The van der Waals surface area contributed by atoms with Gasteiger partial charge in [0.2, 0.25) is 0 Å². The van der Waals surface area contributed by atoms with Gasteiger partial charge in [-0.05, 0) is 36.9 Å². The molecule has 2 saturated heterocycles. The standard InChI is InChI=1S/C18H25N5/c1-14-5-3-4-6-16(14)18-17-11-22(10-15(17)9-21(18)2)7-8-23-12-19-20-13-23/h3-6,12-13,15,17-18H,7-11H2,1-2H3/t15-,17+,18+/m0/s1.